The number of carbonyl (C=O) groups excluding carboxylic acids is 1. The normalized spacial score (nSPS) is 15.3. The van der Waals surface area contributed by atoms with E-state index in [0.29, 0.717) is 30.4 Å². The fourth-order valence-electron chi connectivity index (χ4n) is 4.42. The Labute approximate surface area is 199 Å². The Morgan fingerprint density at radius 2 is 2.03 bits per heavy atom. The molecule has 1 amide bonds. The summed E-state index contributed by atoms with van der Waals surface area (Å²) in [5, 5.41) is 20.4. The summed E-state index contributed by atoms with van der Waals surface area (Å²) >= 11 is 0. The van der Waals surface area contributed by atoms with Gasteiger partial charge in [-0.25, -0.2) is 9.50 Å². The van der Waals surface area contributed by atoms with Crippen LogP contribution in [0.15, 0.2) is 37.1 Å². The van der Waals surface area contributed by atoms with E-state index in [4.69, 9.17) is 16.1 Å². The van der Waals surface area contributed by atoms with E-state index < -0.39 is 0 Å². The Morgan fingerprint density at radius 3 is 2.71 bits per heavy atom. The third-order valence-corrected chi connectivity index (χ3v) is 6.53. The van der Waals surface area contributed by atoms with Crippen molar-refractivity contribution in [2.45, 2.75) is 51.6 Å². The highest BCUT2D eigenvalue weighted by Crippen LogP contribution is 2.26. The van der Waals surface area contributed by atoms with Crippen LogP contribution in [0.2, 0.25) is 0 Å². The van der Waals surface area contributed by atoms with Crippen molar-refractivity contribution in [3.05, 3.63) is 42.7 Å². The fraction of sp³-hybridized carbons (Fsp3) is 0.458. The maximum absolute atomic E-state index is 11.8. The van der Waals surface area contributed by atoms with Crippen LogP contribution in [0.5, 0.6) is 0 Å². The highest BCUT2D eigenvalue weighted by atomic mass is 16.2. The highest BCUT2D eigenvalue weighted by Gasteiger charge is 2.21. The lowest BCUT2D eigenvalue weighted by Crippen LogP contribution is -2.45. The number of aromatic nitrogens is 5. The summed E-state index contributed by atoms with van der Waals surface area (Å²) in [4.78, 5) is 18.5. The molecule has 1 saturated heterocycles. The zero-order valence-electron chi connectivity index (χ0n) is 19.8. The summed E-state index contributed by atoms with van der Waals surface area (Å²) in [6.45, 7) is 5.75. The van der Waals surface area contributed by atoms with Crippen LogP contribution in [-0.4, -0.2) is 67.1 Å². The molecule has 4 rings (SSSR count). The molecule has 0 aliphatic carbocycles. The molecule has 1 aliphatic heterocycles. The van der Waals surface area contributed by atoms with Gasteiger partial charge < -0.3 is 21.4 Å². The van der Waals surface area contributed by atoms with Gasteiger partial charge in [0.1, 0.15) is 0 Å². The third-order valence-electron chi connectivity index (χ3n) is 6.53. The Morgan fingerprint density at radius 1 is 1.26 bits per heavy atom. The second-order valence-corrected chi connectivity index (χ2v) is 8.58. The molecule has 10 nitrogen and oxygen atoms in total. The number of carbonyl (C=O) groups is 1. The van der Waals surface area contributed by atoms with Crippen LogP contribution in [0.25, 0.3) is 22.3 Å². The number of nitrogens with one attached hydrogen (secondary N) is 2. The Kier molecular flexibility index (Phi) is 7.36. The van der Waals surface area contributed by atoms with Crippen molar-refractivity contribution in [2.75, 3.05) is 19.6 Å². The standard InChI is InChI=1S/C24H33N9O/c1-3-20(4-2)32-15-18(14-29-32)24-22-5-8-28-33(22)16-21(30-24)17(11-25)13-27-19-6-9-31(10-7-19)23(34)12-26/h5,8,11,13-16,19-20,25,27H,3-4,6-7,9-10,12,26H2,1-2H3/b17-13+,25-11?. The molecule has 3 aromatic rings. The van der Waals surface area contributed by atoms with Crippen LogP contribution in [0.3, 0.4) is 0 Å². The van der Waals surface area contributed by atoms with Crippen molar-refractivity contribution in [1.82, 2.24) is 34.6 Å². The quantitative estimate of drug-likeness (QED) is 0.418. The number of likely N-dealkylation sites (tertiary alicyclic amines) is 1. The number of nitrogens with zero attached hydrogens (tertiary/aromatic N) is 6. The number of piperidine rings is 1. The number of hydrogen-bond donors (Lipinski definition) is 3. The summed E-state index contributed by atoms with van der Waals surface area (Å²) in [5.41, 5.74) is 9.39. The molecule has 0 radical (unpaired) electrons. The van der Waals surface area contributed by atoms with Gasteiger partial charge in [-0.1, -0.05) is 13.8 Å². The molecule has 0 saturated carbocycles. The Bertz CT molecular complexity index is 1170. The van der Waals surface area contributed by atoms with E-state index in [1.165, 1.54) is 6.21 Å². The van der Waals surface area contributed by atoms with Gasteiger partial charge in [-0.05, 0) is 31.7 Å². The number of hydrogen-bond acceptors (Lipinski definition) is 7. The molecule has 1 aliphatic rings. The van der Waals surface area contributed by atoms with Crippen molar-refractivity contribution in [2.24, 2.45) is 5.73 Å². The Hall–Kier alpha value is -3.53. The second kappa shape index (κ2) is 10.6. The summed E-state index contributed by atoms with van der Waals surface area (Å²) in [6, 6.07) is 2.51. The molecule has 4 N–H and O–H groups in total. The summed E-state index contributed by atoms with van der Waals surface area (Å²) < 4.78 is 3.80. The van der Waals surface area contributed by atoms with Crippen molar-refractivity contribution in [3.63, 3.8) is 0 Å². The van der Waals surface area contributed by atoms with E-state index in [0.717, 1.165) is 42.5 Å². The van der Waals surface area contributed by atoms with E-state index in [2.05, 4.69) is 29.4 Å². The Balaban J connectivity index is 1.58. The number of amides is 1. The van der Waals surface area contributed by atoms with Gasteiger partial charge in [-0.3, -0.25) is 9.48 Å². The summed E-state index contributed by atoms with van der Waals surface area (Å²) in [5.74, 6) is -0.00839. The van der Waals surface area contributed by atoms with Crippen LogP contribution in [-0.2, 0) is 4.79 Å². The first kappa shape index (κ1) is 23.6. The van der Waals surface area contributed by atoms with Gasteiger partial charge in [-0.2, -0.15) is 10.2 Å². The van der Waals surface area contributed by atoms with Gasteiger partial charge in [-0.15, -0.1) is 0 Å². The summed E-state index contributed by atoms with van der Waals surface area (Å²) in [6.07, 6.45) is 14.3. The molecule has 4 heterocycles. The molecule has 0 spiro atoms. The molecule has 0 atom stereocenters. The zero-order valence-corrected chi connectivity index (χ0v) is 19.8. The van der Waals surface area contributed by atoms with Crippen LogP contribution < -0.4 is 11.1 Å². The largest absolute Gasteiger partial charge is 0.387 e. The molecule has 1 fully saturated rings. The minimum atomic E-state index is -0.00839. The topological polar surface area (TPSA) is 130 Å². The lowest BCUT2D eigenvalue weighted by molar-refractivity contribution is -0.130. The lowest BCUT2D eigenvalue weighted by Gasteiger charge is -2.32. The molecule has 180 valence electrons. The van der Waals surface area contributed by atoms with E-state index in [9.17, 15) is 4.79 Å². The van der Waals surface area contributed by atoms with Crippen molar-refractivity contribution in [1.29, 1.82) is 5.41 Å². The average molecular weight is 464 g/mol. The van der Waals surface area contributed by atoms with E-state index in [1.807, 2.05) is 35.5 Å². The molecule has 0 bridgehead atoms. The molecule has 34 heavy (non-hydrogen) atoms. The van der Waals surface area contributed by atoms with Crippen molar-refractivity contribution >= 4 is 23.2 Å². The number of rotatable bonds is 9. The maximum Gasteiger partial charge on any atom is 0.236 e. The predicted molar refractivity (Wildman–Crippen MR) is 132 cm³/mol. The van der Waals surface area contributed by atoms with Crippen molar-refractivity contribution in [3.8, 4) is 11.3 Å². The first-order valence-corrected chi connectivity index (χ1v) is 11.9. The smallest absolute Gasteiger partial charge is 0.236 e. The minimum Gasteiger partial charge on any atom is -0.387 e. The van der Waals surface area contributed by atoms with Gasteiger partial charge >= 0.3 is 0 Å². The maximum atomic E-state index is 11.8. The fourth-order valence-corrected chi connectivity index (χ4v) is 4.42. The van der Waals surface area contributed by atoms with Gasteiger partial charge in [0.05, 0.1) is 48.1 Å². The van der Waals surface area contributed by atoms with Gasteiger partial charge in [0.25, 0.3) is 0 Å². The number of nitrogens with two attached hydrogens (primary N) is 1. The average Bonchev–Trinajstić information content (AvgIpc) is 3.55. The van der Waals surface area contributed by atoms with E-state index in [-0.39, 0.29) is 18.5 Å². The molecular weight excluding hydrogens is 430 g/mol. The third kappa shape index (κ3) is 4.86. The van der Waals surface area contributed by atoms with E-state index in [1.54, 1.807) is 15.6 Å². The van der Waals surface area contributed by atoms with Gasteiger partial charge in [0.15, 0.2) is 0 Å². The first-order chi connectivity index (χ1) is 16.6. The highest BCUT2D eigenvalue weighted by molar-refractivity contribution is 6.07. The molecular formula is C24H33N9O. The number of fused-ring (bicyclic) bond motifs is 1. The predicted octanol–water partition coefficient (Wildman–Crippen LogP) is 2.48. The molecule has 10 heteroatoms. The number of allylic oxidation sites excluding steroid dienone is 1. The zero-order chi connectivity index (χ0) is 24.1. The second-order valence-electron chi connectivity index (χ2n) is 8.58. The SMILES string of the molecule is CCC(CC)n1cc(-c2nc(/C(C=N)=C/NC3CCN(C(=O)CN)CC3)cn3nccc23)cn1. The van der Waals surface area contributed by atoms with Crippen LogP contribution in [0.1, 0.15) is 51.3 Å². The lowest BCUT2D eigenvalue weighted by atomic mass is 10.0. The van der Waals surface area contributed by atoms with Crippen molar-refractivity contribution < 1.29 is 4.79 Å². The first-order valence-electron chi connectivity index (χ1n) is 11.9. The van der Waals surface area contributed by atoms with Crippen LogP contribution in [0.4, 0.5) is 0 Å². The molecule has 0 aromatic carbocycles. The van der Waals surface area contributed by atoms with E-state index >= 15 is 0 Å². The van der Waals surface area contributed by atoms with Gasteiger partial charge in [0.2, 0.25) is 5.91 Å². The van der Waals surface area contributed by atoms with Crippen LogP contribution in [0, 0.1) is 5.41 Å². The summed E-state index contributed by atoms with van der Waals surface area (Å²) in [7, 11) is 0. The minimum absolute atomic E-state index is 0.00839. The van der Waals surface area contributed by atoms with Gasteiger partial charge in [0, 0.05) is 48.9 Å². The van der Waals surface area contributed by atoms with Crippen LogP contribution >= 0.6 is 0 Å². The molecule has 3 aromatic heterocycles. The molecule has 0 unspecified atom stereocenters. The monoisotopic (exact) mass is 463 g/mol.